The molecule has 3 nitrogen and oxygen atoms in total. The number of benzene rings is 1. The predicted molar refractivity (Wildman–Crippen MR) is 71.5 cm³/mol. The van der Waals surface area contributed by atoms with Crippen molar-refractivity contribution in [2.45, 2.75) is 26.3 Å². The highest BCUT2D eigenvalue weighted by Gasteiger charge is 2.14. The summed E-state index contributed by atoms with van der Waals surface area (Å²) in [5.74, 6) is 0.519. The van der Waals surface area contributed by atoms with Crippen molar-refractivity contribution in [3.05, 3.63) is 22.7 Å². The fourth-order valence-electron chi connectivity index (χ4n) is 1.57. The van der Waals surface area contributed by atoms with Crippen LogP contribution >= 0.6 is 11.6 Å². The molecule has 0 aliphatic heterocycles. The van der Waals surface area contributed by atoms with Gasteiger partial charge in [-0.2, -0.15) is 0 Å². The van der Waals surface area contributed by atoms with Crippen molar-refractivity contribution in [2.24, 2.45) is 0 Å². The molecule has 0 fully saturated rings. The molecular formula is C13H18ClF2NO2. The first-order chi connectivity index (χ1) is 9.08. The monoisotopic (exact) mass is 293 g/mol. The minimum atomic E-state index is -2.55. The van der Waals surface area contributed by atoms with Gasteiger partial charge >= 0.3 is 0 Å². The first-order valence-corrected chi connectivity index (χ1v) is 6.44. The molecule has 0 spiro atoms. The molecule has 1 rings (SSSR count). The van der Waals surface area contributed by atoms with Crippen molar-refractivity contribution < 1.29 is 18.3 Å². The van der Waals surface area contributed by atoms with E-state index in [4.69, 9.17) is 21.1 Å². The Morgan fingerprint density at radius 2 is 2.11 bits per heavy atom. The minimum Gasteiger partial charge on any atom is -0.493 e. The molecule has 0 saturated carbocycles. The molecular weight excluding hydrogens is 276 g/mol. The van der Waals surface area contributed by atoms with Crippen LogP contribution in [0.4, 0.5) is 8.78 Å². The molecule has 0 unspecified atom stereocenters. The van der Waals surface area contributed by atoms with E-state index in [2.05, 4.69) is 12.2 Å². The number of methoxy groups -OCH3 is 1. The van der Waals surface area contributed by atoms with Gasteiger partial charge in [0.05, 0.1) is 12.1 Å². The zero-order valence-electron chi connectivity index (χ0n) is 11.0. The largest absolute Gasteiger partial charge is 0.493 e. The average molecular weight is 294 g/mol. The lowest BCUT2D eigenvalue weighted by Gasteiger charge is -2.14. The van der Waals surface area contributed by atoms with Crippen LogP contribution in [0.15, 0.2) is 12.1 Å². The smallest absolute Gasteiger partial charge is 0.272 e. The van der Waals surface area contributed by atoms with E-state index in [9.17, 15) is 8.78 Å². The van der Waals surface area contributed by atoms with Crippen molar-refractivity contribution in [1.29, 1.82) is 0 Å². The molecule has 1 N–H and O–H groups in total. The molecule has 19 heavy (non-hydrogen) atoms. The number of hydrogen-bond acceptors (Lipinski definition) is 3. The Bertz CT molecular complexity index is 402. The Labute approximate surface area is 116 Å². The van der Waals surface area contributed by atoms with E-state index in [-0.39, 0.29) is 10.8 Å². The molecule has 0 atom stereocenters. The van der Waals surface area contributed by atoms with Gasteiger partial charge in [-0.3, -0.25) is 0 Å². The van der Waals surface area contributed by atoms with Gasteiger partial charge in [0.25, 0.3) is 6.43 Å². The van der Waals surface area contributed by atoms with Gasteiger partial charge in [0.2, 0.25) is 0 Å². The van der Waals surface area contributed by atoms with E-state index in [1.165, 1.54) is 7.11 Å². The first kappa shape index (κ1) is 16.0. The van der Waals surface area contributed by atoms with Crippen LogP contribution in [0.2, 0.25) is 5.02 Å². The third-order valence-electron chi connectivity index (χ3n) is 2.40. The summed E-state index contributed by atoms with van der Waals surface area (Å²) in [4.78, 5) is 0. The van der Waals surface area contributed by atoms with E-state index in [1.807, 2.05) is 0 Å². The zero-order valence-corrected chi connectivity index (χ0v) is 11.8. The highest BCUT2D eigenvalue weighted by molar-refractivity contribution is 6.32. The molecule has 0 aliphatic carbocycles. The fourth-order valence-corrected chi connectivity index (χ4v) is 1.86. The average Bonchev–Trinajstić information content (AvgIpc) is 2.37. The Kier molecular flexibility index (Phi) is 6.87. The third-order valence-corrected chi connectivity index (χ3v) is 2.68. The maximum atomic E-state index is 12.2. The van der Waals surface area contributed by atoms with Crippen molar-refractivity contribution in [2.75, 3.05) is 20.3 Å². The summed E-state index contributed by atoms with van der Waals surface area (Å²) in [5, 5.41) is 3.50. The molecule has 108 valence electrons. The molecule has 0 saturated heterocycles. The van der Waals surface area contributed by atoms with Crippen molar-refractivity contribution in [3.63, 3.8) is 0 Å². The molecule has 1 aromatic rings. The van der Waals surface area contributed by atoms with Gasteiger partial charge in [0.15, 0.2) is 11.5 Å². The molecule has 1 aromatic carbocycles. The summed E-state index contributed by atoms with van der Waals surface area (Å²) in [5.41, 5.74) is 0.916. The molecule has 0 aliphatic rings. The summed E-state index contributed by atoms with van der Waals surface area (Å²) in [6.45, 7) is 2.90. The maximum absolute atomic E-state index is 12.2. The summed E-state index contributed by atoms with van der Waals surface area (Å²) in [6, 6.07) is 3.42. The van der Waals surface area contributed by atoms with E-state index in [1.54, 1.807) is 12.1 Å². The number of halogens is 3. The molecule has 0 radical (unpaired) electrons. The minimum absolute atomic E-state index is 0.156. The lowest BCUT2D eigenvalue weighted by molar-refractivity contribution is 0.0805. The van der Waals surface area contributed by atoms with Gasteiger partial charge < -0.3 is 14.8 Å². The van der Waals surface area contributed by atoms with E-state index in [0.29, 0.717) is 12.3 Å². The third kappa shape index (κ3) is 5.20. The van der Waals surface area contributed by atoms with E-state index >= 15 is 0 Å². The van der Waals surface area contributed by atoms with Gasteiger partial charge in [-0.15, -0.1) is 0 Å². The molecule has 0 heterocycles. The normalized spacial score (nSPS) is 10.8. The van der Waals surface area contributed by atoms with Crippen LogP contribution in [0.25, 0.3) is 0 Å². The van der Waals surface area contributed by atoms with Crippen LogP contribution in [0.1, 0.15) is 18.9 Å². The number of nitrogens with one attached hydrogen (secondary N) is 1. The molecule has 0 amide bonds. The number of hydrogen-bond donors (Lipinski definition) is 1. The van der Waals surface area contributed by atoms with Crippen LogP contribution in [0, 0.1) is 0 Å². The Balaban J connectivity index is 2.81. The van der Waals surface area contributed by atoms with Gasteiger partial charge in [-0.25, -0.2) is 8.78 Å². The van der Waals surface area contributed by atoms with Gasteiger partial charge in [-0.1, -0.05) is 18.5 Å². The summed E-state index contributed by atoms with van der Waals surface area (Å²) in [7, 11) is 1.45. The maximum Gasteiger partial charge on any atom is 0.272 e. The van der Waals surface area contributed by atoms with Crippen LogP contribution < -0.4 is 14.8 Å². The molecule has 6 heteroatoms. The van der Waals surface area contributed by atoms with Crippen molar-refractivity contribution in [1.82, 2.24) is 5.32 Å². The Morgan fingerprint density at radius 3 is 2.68 bits per heavy atom. The number of rotatable bonds is 8. The lowest BCUT2D eigenvalue weighted by Crippen LogP contribution is -2.14. The summed E-state index contributed by atoms with van der Waals surface area (Å²) >= 11 is 6.03. The van der Waals surface area contributed by atoms with E-state index < -0.39 is 13.0 Å². The predicted octanol–water partition coefficient (Wildman–Crippen LogP) is 3.49. The number of ether oxygens (including phenoxy) is 2. The fraction of sp³-hybridized carbons (Fsp3) is 0.538. The second-order valence-corrected chi connectivity index (χ2v) is 4.40. The van der Waals surface area contributed by atoms with Gasteiger partial charge in [-0.05, 0) is 30.7 Å². The second kappa shape index (κ2) is 8.17. The topological polar surface area (TPSA) is 30.5 Å². The van der Waals surface area contributed by atoms with Crippen LogP contribution in [0.3, 0.4) is 0 Å². The highest BCUT2D eigenvalue weighted by Crippen LogP contribution is 2.36. The molecule has 0 aromatic heterocycles. The van der Waals surface area contributed by atoms with E-state index in [0.717, 1.165) is 18.5 Å². The quantitative estimate of drug-likeness (QED) is 0.744. The van der Waals surface area contributed by atoms with Crippen LogP contribution in [-0.4, -0.2) is 26.7 Å². The van der Waals surface area contributed by atoms with Crippen LogP contribution in [0.5, 0.6) is 11.5 Å². The summed E-state index contributed by atoms with van der Waals surface area (Å²) < 4.78 is 34.4. The highest BCUT2D eigenvalue weighted by atomic mass is 35.5. The number of alkyl halides is 2. The van der Waals surface area contributed by atoms with Gasteiger partial charge in [0.1, 0.15) is 6.61 Å². The van der Waals surface area contributed by atoms with Gasteiger partial charge in [0, 0.05) is 6.54 Å². The SMILES string of the molecule is CCCNCc1cc(Cl)c(OCC(F)F)c(OC)c1. The zero-order chi connectivity index (χ0) is 14.3. The Morgan fingerprint density at radius 1 is 1.37 bits per heavy atom. The standard InChI is InChI=1S/C13H18ClF2NO2/c1-3-4-17-7-9-5-10(14)13(11(6-9)18-2)19-8-12(15)16/h5-6,12,17H,3-4,7-8H2,1-2H3. The lowest BCUT2D eigenvalue weighted by atomic mass is 10.2. The van der Waals surface area contributed by atoms with Crippen molar-refractivity contribution in [3.8, 4) is 11.5 Å². The second-order valence-electron chi connectivity index (χ2n) is 3.99. The van der Waals surface area contributed by atoms with Crippen molar-refractivity contribution >= 4 is 11.6 Å². The Hall–Kier alpha value is -1.07. The summed E-state index contributed by atoms with van der Waals surface area (Å²) in [6.07, 6.45) is -1.52. The first-order valence-electron chi connectivity index (χ1n) is 6.06. The molecule has 0 bridgehead atoms. The van der Waals surface area contributed by atoms with Crippen LogP contribution in [-0.2, 0) is 6.54 Å².